The van der Waals surface area contributed by atoms with Crippen molar-refractivity contribution in [3.8, 4) is 0 Å². The Hall–Kier alpha value is -1.36. The highest BCUT2D eigenvalue weighted by Gasteiger charge is 2.27. The van der Waals surface area contributed by atoms with E-state index in [1.807, 2.05) is 0 Å². The van der Waals surface area contributed by atoms with Crippen molar-refractivity contribution >= 4 is 15.7 Å². The second-order valence-corrected chi connectivity index (χ2v) is 7.11. The number of carbonyl (C=O) groups is 1. The zero-order valence-electron chi connectivity index (χ0n) is 11.3. The predicted octanol–water partition coefficient (Wildman–Crippen LogP) is 2.10. The number of sulfone groups is 1. The Bertz CT molecular complexity index is 574. The van der Waals surface area contributed by atoms with Crippen molar-refractivity contribution < 1.29 is 13.2 Å². The third-order valence-electron chi connectivity index (χ3n) is 3.71. The maximum atomic E-state index is 12.5. The Kier molecular flexibility index (Phi) is 3.94. The fraction of sp³-hybridized carbons (Fsp3) is 0.500. The molecule has 1 aliphatic rings. The lowest BCUT2D eigenvalue weighted by Crippen LogP contribution is -2.35. The van der Waals surface area contributed by atoms with Crippen molar-refractivity contribution in [3.05, 3.63) is 29.8 Å². The molecule has 2 rings (SSSR count). The highest BCUT2D eigenvalue weighted by Crippen LogP contribution is 2.25. The number of hydrogen-bond acceptors (Lipinski definition) is 3. The topological polar surface area (TPSA) is 54.5 Å². The number of hydrogen-bond donors (Lipinski definition) is 0. The number of benzene rings is 1. The quantitative estimate of drug-likeness (QED) is 0.852. The average molecular weight is 281 g/mol. The molecule has 0 aliphatic heterocycles. The molecule has 4 nitrogen and oxygen atoms in total. The molecule has 0 saturated heterocycles. The first-order valence-corrected chi connectivity index (χ1v) is 8.36. The van der Waals surface area contributed by atoms with Crippen LogP contribution in [0.2, 0.25) is 0 Å². The van der Waals surface area contributed by atoms with Crippen LogP contribution >= 0.6 is 0 Å². The molecule has 1 fully saturated rings. The minimum Gasteiger partial charge on any atom is -0.339 e. The van der Waals surface area contributed by atoms with Crippen molar-refractivity contribution in [3.63, 3.8) is 0 Å². The fourth-order valence-electron chi connectivity index (χ4n) is 2.61. The molecule has 0 unspecified atom stereocenters. The van der Waals surface area contributed by atoms with E-state index in [0.29, 0.717) is 0 Å². The van der Waals surface area contributed by atoms with Crippen LogP contribution < -0.4 is 0 Å². The lowest BCUT2D eigenvalue weighted by molar-refractivity contribution is 0.0731. The fourth-order valence-corrected chi connectivity index (χ4v) is 3.49. The van der Waals surface area contributed by atoms with Gasteiger partial charge in [0.15, 0.2) is 9.84 Å². The summed E-state index contributed by atoms with van der Waals surface area (Å²) in [6.45, 7) is 0. The molecule has 1 aromatic rings. The largest absolute Gasteiger partial charge is 0.339 e. The summed E-state index contributed by atoms with van der Waals surface area (Å²) in [5.74, 6) is -0.201. The third-order valence-corrected chi connectivity index (χ3v) is 4.86. The van der Waals surface area contributed by atoms with Crippen LogP contribution in [0.15, 0.2) is 29.2 Å². The molecule has 104 valence electrons. The molecule has 1 aromatic carbocycles. The third kappa shape index (κ3) is 2.97. The number of nitrogens with zero attached hydrogens (tertiary/aromatic N) is 1. The second kappa shape index (κ2) is 5.33. The molecule has 1 saturated carbocycles. The Morgan fingerprint density at radius 1 is 1.21 bits per heavy atom. The molecule has 0 atom stereocenters. The van der Waals surface area contributed by atoms with Crippen LogP contribution in [-0.2, 0) is 9.84 Å². The van der Waals surface area contributed by atoms with E-state index in [9.17, 15) is 13.2 Å². The van der Waals surface area contributed by atoms with E-state index in [2.05, 4.69) is 0 Å². The van der Waals surface area contributed by atoms with Gasteiger partial charge in [-0.05, 0) is 25.0 Å². The SMILES string of the molecule is CN(C(=O)c1ccccc1S(C)(=O)=O)C1CCCC1. The highest BCUT2D eigenvalue weighted by atomic mass is 32.2. The first-order valence-electron chi connectivity index (χ1n) is 6.47. The van der Waals surface area contributed by atoms with Gasteiger partial charge in [0.1, 0.15) is 0 Å². The molecule has 0 bridgehead atoms. The van der Waals surface area contributed by atoms with Crippen LogP contribution in [0, 0.1) is 0 Å². The predicted molar refractivity (Wildman–Crippen MR) is 73.9 cm³/mol. The van der Waals surface area contributed by atoms with Crippen molar-refractivity contribution in [2.24, 2.45) is 0 Å². The first-order chi connectivity index (χ1) is 8.91. The zero-order valence-corrected chi connectivity index (χ0v) is 12.1. The normalized spacial score (nSPS) is 16.5. The summed E-state index contributed by atoms with van der Waals surface area (Å²) in [5.41, 5.74) is 0.277. The Morgan fingerprint density at radius 2 is 1.79 bits per heavy atom. The van der Waals surface area contributed by atoms with Crippen molar-refractivity contribution in [1.82, 2.24) is 4.90 Å². The molecule has 19 heavy (non-hydrogen) atoms. The summed E-state index contributed by atoms with van der Waals surface area (Å²) in [7, 11) is -1.62. The molecular weight excluding hydrogens is 262 g/mol. The molecule has 0 aromatic heterocycles. The molecule has 0 spiro atoms. The van der Waals surface area contributed by atoms with Gasteiger partial charge in [-0.1, -0.05) is 25.0 Å². The lowest BCUT2D eigenvalue weighted by Gasteiger charge is -2.25. The maximum Gasteiger partial charge on any atom is 0.255 e. The smallest absolute Gasteiger partial charge is 0.255 e. The maximum absolute atomic E-state index is 12.5. The van der Waals surface area contributed by atoms with Gasteiger partial charge in [-0.15, -0.1) is 0 Å². The monoisotopic (exact) mass is 281 g/mol. The van der Waals surface area contributed by atoms with Crippen LogP contribution in [0.1, 0.15) is 36.0 Å². The van der Waals surface area contributed by atoms with Crippen LogP contribution in [0.25, 0.3) is 0 Å². The second-order valence-electron chi connectivity index (χ2n) is 5.12. The summed E-state index contributed by atoms with van der Waals surface area (Å²) < 4.78 is 23.5. The van der Waals surface area contributed by atoms with E-state index in [1.165, 1.54) is 6.07 Å². The first kappa shape index (κ1) is 14.1. The Morgan fingerprint density at radius 3 is 2.37 bits per heavy atom. The van der Waals surface area contributed by atoms with E-state index in [4.69, 9.17) is 0 Å². The van der Waals surface area contributed by atoms with Crippen LogP contribution in [0.3, 0.4) is 0 Å². The standard InChI is InChI=1S/C14H19NO3S/c1-15(11-7-3-4-8-11)14(16)12-9-5-6-10-13(12)19(2,17)18/h5-6,9-11H,3-4,7-8H2,1-2H3. The van der Waals surface area contributed by atoms with Gasteiger partial charge in [-0.2, -0.15) is 0 Å². The number of amides is 1. The minimum absolute atomic E-state index is 0.116. The summed E-state index contributed by atoms with van der Waals surface area (Å²) in [5, 5.41) is 0. The summed E-state index contributed by atoms with van der Waals surface area (Å²) in [6, 6.07) is 6.66. The molecule has 0 N–H and O–H groups in total. The summed E-state index contributed by atoms with van der Waals surface area (Å²) in [4.78, 5) is 14.3. The molecule has 1 amide bonds. The number of rotatable bonds is 3. The van der Waals surface area contributed by atoms with E-state index in [1.54, 1.807) is 30.1 Å². The van der Waals surface area contributed by atoms with Crippen LogP contribution in [0.4, 0.5) is 0 Å². The van der Waals surface area contributed by atoms with E-state index in [-0.39, 0.29) is 22.4 Å². The molecule has 5 heteroatoms. The Balaban J connectivity index is 2.34. The molecule has 0 radical (unpaired) electrons. The van der Waals surface area contributed by atoms with Gasteiger partial charge in [0.25, 0.3) is 5.91 Å². The van der Waals surface area contributed by atoms with Crippen molar-refractivity contribution in [2.75, 3.05) is 13.3 Å². The molecular formula is C14H19NO3S. The summed E-state index contributed by atoms with van der Waals surface area (Å²) in [6.07, 6.45) is 5.41. The van der Waals surface area contributed by atoms with Gasteiger partial charge in [0.2, 0.25) is 0 Å². The number of carbonyl (C=O) groups excluding carboxylic acids is 1. The van der Waals surface area contributed by atoms with Crippen LogP contribution in [-0.4, -0.2) is 38.6 Å². The van der Waals surface area contributed by atoms with Gasteiger partial charge >= 0.3 is 0 Å². The van der Waals surface area contributed by atoms with E-state index in [0.717, 1.165) is 31.9 Å². The summed E-state index contributed by atoms with van der Waals surface area (Å²) >= 11 is 0. The van der Waals surface area contributed by atoms with Gasteiger partial charge in [-0.3, -0.25) is 4.79 Å². The zero-order chi connectivity index (χ0) is 14.0. The van der Waals surface area contributed by atoms with E-state index < -0.39 is 9.84 Å². The van der Waals surface area contributed by atoms with Crippen molar-refractivity contribution in [2.45, 2.75) is 36.6 Å². The van der Waals surface area contributed by atoms with Crippen molar-refractivity contribution in [1.29, 1.82) is 0 Å². The molecule has 1 aliphatic carbocycles. The lowest BCUT2D eigenvalue weighted by atomic mass is 10.1. The molecule has 0 heterocycles. The average Bonchev–Trinajstić information content (AvgIpc) is 2.90. The van der Waals surface area contributed by atoms with Gasteiger partial charge in [-0.25, -0.2) is 8.42 Å². The van der Waals surface area contributed by atoms with E-state index >= 15 is 0 Å². The Labute approximate surface area is 114 Å². The van der Waals surface area contributed by atoms with Gasteiger partial charge in [0.05, 0.1) is 10.5 Å². The van der Waals surface area contributed by atoms with Gasteiger partial charge in [0, 0.05) is 19.3 Å². The highest BCUT2D eigenvalue weighted by molar-refractivity contribution is 7.90. The minimum atomic E-state index is -3.38. The van der Waals surface area contributed by atoms with Crippen LogP contribution in [0.5, 0.6) is 0 Å². The van der Waals surface area contributed by atoms with Gasteiger partial charge < -0.3 is 4.90 Å².